The third-order valence-corrected chi connectivity index (χ3v) is 7.57. The number of piperidine rings is 1. The van der Waals surface area contributed by atoms with Crippen molar-refractivity contribution < 1.29 is 27.5 Å². The van der Waals surface area contributed by atoms with E-state index in [2.05, 4.69) is 0 Å². The van der Waals surface area contributed by atoms with Crippen molar-refractivity contribution in [1.29, 1.82) is 0 Å². The highest BCUT2D eigenvalue weighted by Crippen LogP contribution is 2.45. The fourth-order valence-corrected chi connectivity index (χ4v) is 5.87. The monoisotopic (exact) mass is 511 g/mol. The molecule has 0 saturated carbocycles. The van der Waals surface area contributed by atoms with E-state index in [1.165, 1.54) is 15.9 Å². The SMILES string of the molecule is [B]N1CCC[C@@H](N(C(=O)c2cc3c(cc2C(F)(F)F)SC(C)C(=O)N3CCCCOC)C(C)C)C1. The van der Waals surface area contributed by atoms with Crippen molar-refractivity contribution in [2.45, 2.75) is 74.9 Å². The predicted octanol–water partition coefficient (Wildman–Crippen LogP) is 4.36. The molecule has 192 valence electrons. The molecule has 1 fully saturated rings. The lowest BCUT2D eigenvalue weighted by atomic mass is 9.97. The number of anilines is 1. The largest absolute Gasteiger partial charge is 0.417 e. The van der Waals surface area contributed by atoms with E-state index in [4.69, 9.17) is 12.7 Å². The molecule has 0 aromatic heterocycles. The third kappa shape index (κ3) is 6.35. The van der Waals surface area contributed by atoms with Crippen LogP contribution in [-0.2, 0) is 15.7 Å². The van der Waals surface area contributed by atoms with E-state index in [1.807, 2.05) is 0 Å². The van der Waals surface area contributed by atoms with Gasteiger partial charge >= 0.3 is 6.18 Å². The lowest BCUT2D eigenvalue weighted by Crippen LogP contribution is -2.52. The van der Waals surface area contributed by atoms with E-state index in [1.54, 1.807) is 32.7 Å². The van der Waals surface area contributed by atoms with Crippen molar-refractivity contribution in [2.75, 3.05) is 38.3 Å². The van der Waals surface area contributed by atoms with E-state index in [0.29, 0.717) is 56.1 Å². The quantitative estimate of drug-likeness (QED) is 0.384. The summed E-state index contributed by atoms with van der Waals surface area (Å²) in [5.41, 5.74) is -1.04. The topological polar surface area (TPSA) is 53.1 Å². The number of thioether (sulfide) groups is 1. The number of carbonyl (C=O) groups excluding carboxylic acids is 2. The van der Waals surface area contributed by atoms with E-state index in [9.17, 15) is 22.8 Å². The standard InChI is InChI=1S/C24H33BF3N3O3S/c1-15(2)31(17-8-7-9-29(25)14-17)23(33)18-12-20-21(13-19(18)24(26,27)28)35-16(3)22(32)30(20)10-5-6-11-34-4/h12-13,15-17H,5-11,14H2,1-4H3/t16?,17-/m1/s1. The Balaban J connectivity index is 2.06. The number of benzene rings is 1. The van der Waals surface area contributed by atoms with Crippen molar-refractivity contribution in [2.24, 2.45) is 0 Å². The maximum absolute atomic E-state index is 14.2. The van der Waals surface area contributed by atoms with Crippen LogP contribution in [0.2, 0.25) is 0 Å². The minimum absolute atomic E-state index is 0.176. The summed E-state index contributed by atoms with van der Waals surface area (Å²) >= 11 is 1.10. The molecule has 3 rings (SSSR count). The van der Waals surface area contributed by atoms with Crippen LogP contribution in [0, 0.1) is 0 Å². The van der Waals surface area contributed by atoms with Gasteiger partial charge in [-0.05, 0) is 65.1 Å². The van der Waals surface area contributed by atoms with Gasteiger partial charge in [-0.15, -0.1) is 11.8 Å². The molecule has 0 N–H and O–H groups in total. The molecule has 35 heavy (non-hydrogen) atoms. The second-order valence-electron chi connectivity index (χ2n) is 9.41. The van der Waals surface area contributed by atoms with Gasteiger partial charge in [0.15, 0.2) is 7.98 Å². The number of amides is 2. The number of halogens is 3. The van der Waals surface area contributed by atoms with Gasteiger partial charge in [-0.1, -0.05) is 0 Å². The zero-order valence-electron chi connectivity index (χ0n) is 20.7. The Labute approximate surface area is 210 Å². The highest BCUT2D eigenvalue weighted by atomic mass is 32.2. The summed E-state index contributed by atoms with van der Waals surface area (Å²) in [5.74, 6) is -0.865. The second-order valence-corrected chi connectivity index (χ2v) is 10.8. The molecule has 2 amide bonds. The molecule has 1 aromatic rings. The molecular weight excluding hydrogens is 478 g/mol. The van der Waals surface area contributed by atoms with Crippen LogP contribution >= 0.6 is 11.8 Å². The Morgan fingerprint density at radius 3 is 2.63 bits per heavy atom. The first kappa shape index (κ1) is 27.9. The summed E-state index contributed by atoms with van der Waals surface area (Å²) in [6, 6.07) is 1.69. The first-order valence-electron chi connectivity index (χ1n) is 12.0. The van der Waals surface area contributed by atoms with Crippen molar-refractivity contribution in [3.63, 3.8) is 0 Å². The first-order valence-corrected chi connectivity index (χ1v) is 12.9. The summed E-state index contributed by atoms with van der Waals surface area (Å²) in [5, 5.41) is -0.516. The number of fused-ring (bicyclic) bond motifs is 1. The number of alkyl halides is 3. The number of rotatable bonds is 8. The molecular formula is C24H33BF3N3O3S. The smallest absolute Gasteiger partial charge is 0.385 e. The number of methoxy groups -OCH3 is 1. The maximum Gasteiger partial charge on any atom is 0.417 e. The molecule has 2 radical (unpaired) electrons. The molecule has 1 aromatic carbocycles. The van der Waals surface area contributed by atoms with Crippen molar-refractivity contribution in [1.82, 2.24) is 9.71 Å². The summed E-state index contributed by atoms with van der Waals surface area (Å²) in [6.45, 7) is 7.22. The molecule has 1 saturated heterocycles. The van der Waals surface area contributed by atoms with Crippen LogP contribution in [0.4, 0.5) is 18.9 Å². The van der Waals surface area contributed by atoms with Gasteiger partial charge in [-0.25, -0.2) is 0 Å². The van der Waals surface area contributed by atoms with Crippen molar-refractivity contribution >= 4 is 37.2 Å². The first-order chi connectivity index (χ1) is 16.5. The fraction of sp³-hybridized carbons (Fsp3) is 0.667. The van der Waals surface area contributed by atoms with Crippen LogP contribution in [0.1, 0.15) is 62.4 Å². The molecule has 2 atom stereocenters. The minimum atomic E-state index is -4.72. The Morgan fingerprint density at radius 2 is 2.03 bits per heavy atom. The molecule has 0 bridgehead atoms. The summed E-state index contributed by atoms with van der Waals surface area (Å²) < 4.78 is 47.7. The van der Waals surface area contributed by atoms with Crippen LogP contribution in [-0.4, -0.2) is 80.2 Å². The number of ether oxygens (including phenoxy) is 1. The van der Waals surface area contributed by atoms with Crippen molar-refractivity contribution in [3.05, 3.63) is 23.3 Å². The van der Waals surface area contributed by atoms with Crippen LogP contribution in [0.15, 0.2) is 17.0 Å². The zero-order valence-corrected chi connectivity index (χ0v) is 21.5. The highest BCUT2D eigenvalue weighted by Gasteiger charge is 2.41. The van der Waals surface area contributed by atoms with E-state index >= 15 is 0 Å². The average Bonchev–Trinajstić information content (AvgIpc) is 2.77. The molecule has 1 unspecified atom stereocenters. The van der Waals surface area contributed by atoms with Crippen molar-refractivity contribution in [3.8, 4) is 0 Å². The average molecular weight is 511 g/mol. The lowest BCUT2D eigenvalue weighted by Gasteiger charge is -2.41. The van der Waals surface area contributed by atoms with E-state index < -0.39 is 28.5 Å². The van der Waals surface area contributed by atoms with E-state index in [-0.39, 0.29) is 18.0 Å². The molecule has 0 spiro atoms. The number of unbranched alkanes of at least 4 members (excludes halogenated alkanes) is 1. The molecule has 2 heterocycles. The predicted molar refractivity (Wildman–Crippen MR) is 132 cm³/mol. The van der Waals surface area contributed by atoms with Gasteiger partial charge in [0.05, 0.1) is 22.1 Å². The Morgan fingerprint density at radius 1 is 1.31 bits per heavy atom. The van der Waals surface area contributed by atoms with Gasteiger partial charge in [-0.2, -0.15) is 13.2 Å². The molecule has 11 heteroatoms. The van der Waals surface area contributed by atoms with Gasteiger partial charge in [0.2, 0.25) is 5.91 Å². The lowest BCUT2D eigenvalue weighted by molar-refractivity contribution is -0.138. The summed E-state index contributed by atoms with van der Waals surface area (Å²) in [7, 11) is 7.56. The fourth-order valence-electron chi connectivity index (χ4n) is 4.78. The van der Waals surface area contributed by atoms with Gasteiger partial charge in [0.1, 0.15) is 0 Å². The highest BCUT2D eigenvalue weighted by molar-refractivity contribution is 8.01. The molecule has 0 aliphatic carbocycles. The van der Waals surface area contributed by atoms with Gasteiger partial charge in [-0.3, -0.25) is 9.59 Å². The summed E-state index contributed by atoms with van der Waals surface area (Å²) in [6.07, 6.45) is -1.95. The number of hydrogen-bond donors (Lipinski definition) is 0. The van der Waals surface area contributed by atoms with E-state index in [0.717, 1.165) is 24.2 Å². The Hall–Kier alpha value is -1.72. The van der Waals surface area contributed by atoms with Crippen LogP contribution < -0.4 is 4.90 Å². The van der Waals surface area contributed by atoms with Gasteiger partial charge in [0.25, 0.3) is 5.91 Å². The van der Waals surface area contributed by atoms with Gasteiger partial charge in [0, 0.05) is 43.8 Å². The Bertz CT molecular complexity index is 931. The number of nitrogens with zero attached hydrogens (tertiary/aromatic N) is 3. The maximum atomic E-state index is 14.2. The molecule has 2 aliphatic heterocycles. The molecule has 6 nitrogen and oxygen atoms in total. The molecule has 2 aliphatic rings. The zero-order chi connectivity index (χ0) is 25.9. The minimum Gasteiger partial charge on any atom is -0.385 e. The van der Waals surface area contributed by atoms with Crippen LogP contribution in [0.5, 0.6) is 0 Å². The normalized spacial score (nSPS) is 21.4. The third-order valence-electron chi connectivity index (χ3n) is 6.44. The van der Waals surface area contributed by atoms with Gasteiger partial charge < -0.3 is 19.3 Å². The summed E-state index contributed by atoms with van der Waals surface area (Å²) in [4.78, 5) is 31.7. The Kier molecular flexibility index (Phi) is 9.20. The second kappa shape index (κ2) is 11.6. The van der Waals surface area contributed by atoms with Crippen LogP contribution in [0.25, 0.3) is 0 Å². The van der Waals surface area contributed by atoms with Crippen LogP contribution in [0.3, 0.4) is 0 Å². The number of hydrogen-bond acceptors (Lipinski definition) is 5. The number of carbonyl (C=O) groups is 2.